The van der Waals surface area contributed by atoms with Gasteiger partial charge >= 0.3 is 5.97 Å². The van der Waals surface area contributed by atoms with Crippen molar-refractivity contribution in [2.75, 3.05) is 20.3 Å². The molecular weight excluding hydrogens is 490 g/mol. The molecule has 0 bridgehead atoms. The molecule has 0 aromatic heterocycles. The summed E-state index contributed by atoms with van der Waals surface area (Å²) in [6.07, 6.45) is 5.76. The molecule has 6 aliphatic rings. The van der Waals surface area contributed by atoms with Crippen LogP contribution in [0.4, 0.5) is 0 Å². The van der Waals surface area contributed by atoms with E-state index in [9.17, 15) is 25.2 Å². The number of hydrogen-bond donors (Lipinski definition) is 4. The minimum atomic E-state index is -1.27. The van der Waals surface area contributed by atoms with Crippen molar-refractivity contribution in [1.82, 2.24) is 5.06 Å². The Morgan fingerprint density at radius 2 is 1.79 bits per heavy atom. The second kappa shape index (κ2) is 9.50. The second-order valence-corrected chi connectivity index (χ2v) is 13.5. The van der Waals surface area contributed by atoms with Crippen molar-refractivity contribution in [3.05, 3.63) is 11.6 Å². The van der Waals surface area contributed by atoms with Crippen LogP contribution in [0.5, 0.6) is 0 Å². The van der Waals surface area contributed by atoms with Gasteiger partial charge in [0.1, 0.15) is 24.9 Å². The molecule has 4 aliphatic carbocycles. The summed E-state index contributed by atoms with van der Waals surface area (Å²) >= 11 is 0. The van der Waals surface area contributed by atoms with Gasteiger partial charge in [0.05, 0.1) is 19.3 Å². The van der Waals surface area contributed by atoms with Gasteiger partial charge in [-0.25, -0.2) is 4.79 Å². The maximum Gasteiger partial charge on any atom is 0.331 e. The third-order valence-corrected chi connectivity index (χ3v) is 12.3. The molecule has 0 aromatic carbocycles. The van der Waals surface area contributed by atoms with Crippen LogP contribution in [0.3, 0.4) is 0 Å². The lowest BCUT2D eigenvalue weighted by atomic mass is 9.43. The van der Waals surface area contributed by atoms with E-state index < -0.39 is 30.1 Å². The van der Waals surface area contributed by atoms with Crippen molar-refractivity contribution in [3.8, 4) is 0 Å². The normalized spacial score (nSPS) is 52.7. The number of cyclic esters (lactones) is 1. The van der Waals surface area contributed by atoms with Crippen molar-refractivity contribution < 1.29 is 39.5 Å². The molecule has 38 heavy (non-hydrogen) atoms. The molecule has 4 saturated carbocycles. The standard InChI is InChI=1S/C29H45NO8/c1-27-9-6-18(30(36-3)26-25(34)24(33)22(31)15-38-26)13-17(27)4-5-21-20(27)7-10-28(2)19(8-11-29(21,28)35)16-12-23(32)37-14-16/h12,17-22,24-26,31,33-35H,4-11,13-15H2,1-3H3/t17?,18-,19+,20?,21?,22+,24+,25-,26?,27-,28+,29-/m0/s1. The zero-order chi connectivity index (χ0) is 27.0. The van der Waals surface area contributed by atoms with Gasteiger partial charge in [-0.05, 0) is 92.4 Å². The van der Waals surface area contributed by atoms with Crippen LogP contribution >= 0.6 is 0 Å². The minimum absolute atomic E-state index is 0.0383. The van der Waals surface area contributed by atoms with E-state index in [4.69, 9.17) is 14.3 Å². The quantitative estimate of drug-likeness (QED) is 0.315. The number of ether oxygens (including phenoxy) is 2. The second-order valence-electron chi connectivity index (χ2n) is 13.5. The fourth-order valence-electron chi connectivity index (χ4n) is 10.1. The molecule has 12 atom stereocenters. The smallest absolute Gasteiger partial charge is 0.331 e. The molecule has 6 rings (SSSR count). The molecule has 0 aromatic rings. The van der Waals surface area contributed by atoms with Crippen LogP contribution in [0.15, 0.2) is 11.6 Å². The van der Waals surface area contributed by atoms with Crippen molar-refractivity contribution >= 4 is 5.97 Å². The van der Waals surface area contributed by atoms with Gasteiger partial charge in [0.25, 0.3) is 0 Å². The zero-order valence-electron chi connectivity index (χ0n) is 22.9. The molecule has 5 fully saturated rings. The first-order valence-corrected chi connectivity index (χ1v) is 14.6. The molecule has 2 heterocycles. The highest BCUT2D eigenvalue weighted by Crippen LogP contribution is 2.70. The molecule has 2 aliphatic heterocycles. The number of rotatable bonds is 4. The van der Waals surface area contributed by atoms with Crippen molar-refractivity contribution in [3.63, 3.8) is 0 Å². The largest absolute Gasteiger partial charge is 0.458 e. The van der Waals surface area contributed by atoms with Gasteiger partial charge in [0.2, 0.25) is 0 Å². The highest BCUT2D eigenvalue weighted by molar-refractivity contribution is 5.85. The maximum atomic E-state index is 12.4. The lowest BCUT2D eigenvalue weighted by Gasteiger charge is -2.64. The predicted molar refractivity (Wildman–Crippen MR) is 136 cm³/mol. The zero-order valence-corrected chi connectivity index (χ0v) is 22.9. The first kappa shape index (κ1) is 27.1. The summed E-state index contributed by atoms with van der Waals surface area (Å²) in [5.74, 6) is 1.11. The Morgan fingerprint density at radius 1 is 1.00 bits per heavy atom. The van der Waals surface area contributed by atoms with Crippen molar-refractivity contribution in [2.24, 2.45) is 34.5 Å². The SMILES string of the molecule is CON(C1OC[C@@H](O)[C@@H](O)[C@@H]1O)[C@H]1CC[C@@]2(C)C(CCC3C2CC[C@]2(C)[C@@H](C4=CC(=O)OC4)CC[C@]32O)C1. The number of carbonyl (C=O) groups excluding carboxylic acids is 1. The Bertz CT molecular complexity index is 974. The van der Waals surface area contributed by atoms with Crippen LogP contribution in [0.25, 0.3) is 0 Å². The number of aliphatic hydroxyl groups is 4. The molecule has 4 unspecified atom stereocenters. The number of carbonyl (C=O) groups is 1. The highest BCUT2D eigenvalue weighted by Gasteiger charge is 2.68. The molecule has 214 valence electrons. The molecule has 4 N–H and O–H groups in total. The van der Waals surface area contributed by atoms with Gasteiger partial charge in [-0.15, -0.1) is 0 Å². The lowest BCUT2D eigenvalue weighted by molar-refractivity contribution is -0.326. The Morgan fingerprint density at radius 3 is 2.50 bits per heavy atom. The van der Waals surface area contributed by atoms with Crippen LogP contribution in [-0.2, 0) is 19.1 Å². The summed E-state index contributed by atoms with van der Waals surface area (Å²) in [7, 11) is 1.57. The molecule has 9 heteroatoms. The van der Waals surface area contributed by atoms with Gasteiger partial charge in [0.15, 0.2) is 6.23 Å². The monoisotopic (exact) mass is 535 g/mol. The van der Waals surface area contributed by atoms with E-state index in [0.29, 0.717) is 18.4 Å². The molecule has 0 amide bonds. The molecule has 0 spiro atoms. The first-order chi connectivity index (χ1) is 18.0. The summed E-state index contributed by atoms with van der Waals surface area (Å²) in [4.78, 5) is 17.5. The lowest BCUT2D eigenvalue weighted by Crippen LogP contribution is -2.64. The highest BCUT2D eigenvalue weighted by atomic mass is 16.7. The average Bonchev–Trinajstić information content (AvgIpc) is 3.44. The van der Waals surface area contributed by atoms with Gasteiger partial charge in [-0.2, -0.15) is 5.06 Å². The van der Waals surface area contributed by atoms with E-state index in [2.05, 4.69) is 13.8 Å². The fraction of sp³-hybridized carbons (Fsp3) is 0.897. The first-order valence-electron chi connectivity index (χ1n) is 14.6. The van der Waals surface area contributed by atoms with E-state index in [1.54, 1.807) is 18.2 Å². The number of fused-ring (bicyclic) bond motifs is 5. The van der Waals surface area contributed by atoms with Crippen LogP contribution < -0.4 is 0 Å². The third-order valence-electron chi connectivity index (χ3n) is 12.3. The van der Waals surface area contributed by atoms with E-state index in [-0.39, 0.29) is 41.3 Å². The maximum absolute atomic E-state index is 12.4. The third kappa shape index (κ3) is 3.80. The Labute approximate surface area is 225 Å². The van der Waals surface area contributed by atoms with E-state index >= 15 is 0 Å². The van der Waals surface area contributed by atoms with E-state index in [0.717, 1.165) is 63.4 Å². The van der Waals surface area contributed by atoms with E-state index in [1.807, 2.05) is 0 Å². The summed E-state index contributed by atoms with van der Waals surface area (Å²) < 4.78 is 11.0. The van der Waals surface area contributed by atoms with Crippen LogP contribution in [0, 0.1) is 34.5 Å². The average molecular weight is 536 g/mol. The molecule has 1 saturated heterocycles. The summed E-state index contributed by atoms with van der Waals surface area (Å²) in [6.45, 7) is 5.01. The molecule has 9 nitrogen and oxygen atoms in total. The topological polar surface area (TPSA) is 129 Å². The number of aliphatic hydroxyl groups excluding tert-OH is 3. The molecule has 0 radical (unpaired) electrons. The van der Waals surface area contributed by atoms with Gasteiger partial charge in [-0.1, -0.05) is 13.8 Å². The van der Waals surface area contributed by atoms with Crippen LogP contribution in [0.1, 0.15) is 71.6 Å². The van der Waals surface area contributed by atoms with Crippen molar-refractivity contribution in [1.29, 1.82) is 0 Å². The van der Waals surface area contributed by atoms with Crippen molar-refractivity contribution in [2.45, 2.75) is 108 Å². The van der Waals surface area contributed by atoms with Crippen LogP contribution in [-0.4, -0.2) is 88.0 Å². The molecular formula is C29H45NO8. The van der Waals surface area contributed by atoms with Gasteiger partial charge in [0, 0.05) is 17.5 Å². The summed E-state index contributed by atoms with van der Waals surface area (Å²) in [5, 5.41) is 44.9. The number of nitrogens with zero attached hydrogens (tertiary/aromatic N) is 1. The summed E-state index contributed by atoms with van der Waals surface area (Å²) in [5.41, 5.74) is 0.215. The number of esters is 1. The Hall–Kier alpha value is -1.07. The van der Waals surface area contributed by atoms with Gasteiger partial charge in [-0.3, -0.25) is 4.84 Å². The Kier molecular flexibility index (Phi) is 6.78. The number of hydrogen-bond acceptors (Lipinski definition) is 9. The van der Waals surface area contributed by atoms with E-state index in [1.165, 1.54) is 0 Å². The predicted octanol–water partition coefficient (Wildman–Crippen LogP) is 1.91. The Balaban J connectivity index is 1.19. The fourth-order valence-corrected chi connectivity index (χ4v) is 10.1. The minimum Gasteiger partial charge on any atom is -0.458 e. The van der Waals surface area contributed by atoms with Crippen LogP contribution in [0.2, 0.25) is 0 Å². The van der Waals surface area contributed by atoms with Gasteiger partial charge < -0.3 is 29.9 Å². The summed E-state index contributed by atoms with van der Waals surface area (Å²) in [6, 6.07) is 0.0383. The number of hydroxylamine groups is 2.